The van der Waals surface area contributed by atoms with E-state index in [2.05, 4.69) is 169 Å². The molecule has 6 aliphatic rings. The average Bonchev–Trinajstić information content (AvgIpc) is 3.89. The number of rotatable bonds is 11. The smallest absolute Gasteiger partial charge is 0.0902 e. The van der Waals surface area contributed by atoms with Gasteiger partial charge in [0.25, 0.3) is 0 Å². The third kappa shape index (κ3) is 8.28. The Morgan fingerprint density at radius 2 is 1.27 bits per heavy atom. The molecule has 59 heavy (non-hydrogen) atoms. The van der Waals surface area contributed by atoms with Crippen LogP contribution in [0.5, 0.6) is 0 Å². The Labute approximate surface area is 358 Å². The molecule has 2 heterocycles. The molecular formula is C55H76N4. The van der Waals surface area contributed by atoms with Crippen LogP contribution >= 0.6 is 0 Å². The number of nitrogens with zero attached hydrogens (tertiary/aromatic N) is 4. The maximum Gasteiger partial charge on any atom is 0.0902 e. The first-order valence-corrected chi connectivity index (χ1v) is 23.7. The summed E-state index contributed by atoms with van der Waals surface area (Å²) in [6.07, 6.45) is 24.3. The van der Waals surface area contributed by atoms with Gasteiger partial charge < -0.3 is 19.6 Å². The maximum absolute atomic E-state index is 2.81. The fraction of sp³-hybridized carbons (Fsp3) is 0.564. The van der Waals surface area contributed by atoms with E-state index >= 15 is 0 Å². The molecule has 0 bridgehead atoms. The van der Waals surface area contributed by atoms with E-state index in [1.807, 2.05) is 0 Å². The third-order valence-corrected chi connectivity index (χ3v) is 15.0. The van der Waals surface area contributed by atoms with Gasteiger partial charge >= 0.3 is 0 Å². The molecule has 316 valence electrons. The van der Waals surface area contributed by atoms with E-state index in [1.54, 1.807) is 28.2 Å². The summed E-state index contributed by atoms with van der Waals surface area (Å²) in [6.45, 7) is 32.9. The van der Waals surface area contributed by atoms with E-state index in [0.717, 1.165) is 65.2 Å². The Morgan fingerprint density at radius 1 is 0.678 bits per heavy atom. The Balaban J connectivity index is 1.03. The molecule has 0 radical (unpaired) electrons. The van der Waals surface area contributed by atoms with Gasteiger partial charge in [0.05, 0.1) is 13.3 Å². The van der Waals surface area contributed by atoms with Gasteiger partial charge in [-0.15, -0.1) is 0 Å². The Kier molecular flexibility index (Phi) is 11.9. The van der Waals surface area contributed by atoms with Crippen molar-refractivity contribution in [3.63, 3.8) is 0 Å². The zero-order valence-corrected chi connectivity index (χ0v) is 38.7. The van der Waals surface area contributed by atoms with Crippen LogP contribution in [0.25, 0.3) is 23.9 Å². The summed E-state index contributed by atoms with van der Waals surface area (Å²) in [6, 6.07) is 12.2. The summed E-state index contributed by atoms with van der Waals surface area (Å²) in [5, 5.41) is 5.77. The topological polar surface area (TPSA) is 13.0 Å². The lowest BCUT2D eigenvalue weighted by Crippen LogP contribution is -2.41. The Hall–Kier alpha value is -3.92. The highest BCUT2D eigenvalue weighted by atomic mass is 15.4. The van der Waals surface area contributed by atoms with Gasteiger partial charge in [-0.05, 0) is 113 Å². The molecule has 8 rings (SSSR count). The molecule has 0 spiro atoms. The maximum atomic E-state index is 2.81. The van der Waals surface area contributed by atoms with Gasteiger partial charge in [0, 0.05) is 77.1 Å². The van der Waals surface area contributed by atoms with Gasteiger partial charge in [-0.25, -0.2) is 0 Å². The normalized spacial score (nSPS) is 24.6. The van der Waals surface area contributed by atoms with E-state index in [4.69, 9.17) is 0 Å². The number of fused-ring (bicyclic) bond motifs is 2. The van der Waals surface area contributed by atoms with Crippen molar-refractivity contribution in [2.24, 2.45) is 46.8 Å². The summed E-state index contributed by atoms with van der Waals surface area (Å²) in [4.78, 5) is 11.0. The summed E-state index contributed by atoms with van der Waals surface area (Å²) < 4.78 is 0. The van der Waals surface area contributed by atoms with Crippen LogP contribution < -0.4 is 25.8 Å². The van der Waals surface area contributed by atoms with E-state index in [0.29, 0.717) is 41.4 Å². The fourth-order valence-corrected chi connectivity index (χ4v) is 11.6. The predicted octanol–water partition coefficient (Wildman–Crippen LogP) is 9.47. The van der Waals surface area contributed by atoms with Crippen LogP contribution in [0.15, 0.2) is 77.2 Å². The lowest BCUT2D eigenvalue weighted by Gasteiger charge is -2.39. The first-order chi connectivity index (χ1) is 28.2. The van der Waals surface area contributed by atoms with Crippen LogP contribution in [-0.2, 0) is 6.42 Å². The van der Waals surface area contributed by atoms with Gasteiger partial charge in [-0.1, -0.05) is 136 Å². The highest BCUT2D eigenvalue weighted by Gasteiger charge is 2.37. The molecular weight excluding hydrogens is 717 g/mol. The van der Waals surface area contributed by atoms with Crippen LogP contribution in [0.2, 0.25) is 0 Å². The molecule has 2 aliphatic heterocycles. The molecule has 0 saturated carbocycles. The van der Waals surface area contributed by atoms with Gasteiger partial charge in [0.15, 0.2) is 0 Å². The number of anilines is 1. The summed E-state index contributed by atoms with van der Waals surface area (Å²) in [5.41, 5.74) is 12.5. The SMILES string of the molecule is Cc1ccc2c(c1N1CCN(C3=c4cc(CCC(C)C5CC=CC(C(C)C)=C5N5CCN(C6=C(C(C)C)C=CCC6C(C)C)C5)ccc4=CCC3C)C1)=CC(C)(C)CC=2. The van der Waals surface area contributed by atoms with E-state index in [1.165, 1.54) is 50.5 Å². The molecule has 2 aromatic rings. The number of benzene rings is 2. The predicted molar refractivity (Wildman–Crippen MR) is 253 cm³/mol. The largest absolute Gasteiger partial charge is 0.355 e. The van der Waals surface area contributed by atoms with Crippen molar-refractivity contribution in [2.45, 2.75) is 115 Å². The number of hydrogen-bond donors (Lipinski definition) is 0. The standard InChI is InChI=1S/C55H76N4/c1-36(2)45-14-12-15-46(37(3)4)53(45)58-30-31-59(35-58)54-47(38(5)6)16-13-17-48(54)39(7)18-21-42-22-25-43-23-19-40(8)51(49(43)32-42)56-28-29-57(34-56)52-41(9)20-24-44-26-27-55(10,11)33-50(44)52/h12-14,16,20,22-26,32-33,36-40,46,48H,15,17-19,21,27-31,34-35H2,1-11H3. The zero-order chi connectivity index (χ0) is 41.7. The molecule has 4 aliphatic carbocycles. The molecule has 2 saturated heterocycles. The fourth-order valence-electron chi connectivity index (χ4n) is 11.6. The molecule has 0 N–H and O–H groups in total. The minimum atomic E-state index is 0.196. The van der Waals surface area contributed by atoms with Crippen LogP contribution in [0, 0.1) is 53.8 Å². The number of hydrogen-bond acceptors (Lipinski definition) is 4. The summed E-state index contributed by atoms with van der Waals surface area (Å²) in [7, 11) is 0. The highest BCUT2D eigenvalue weighted by Crippen LogP contribution is 2.42. The van der Waals surface area contributed by atoms with Crippen molar-refractivity contribution in [2.75, 3.05) is 44.4 Å². The first kappa shape index (κ1) is 41.8. The van der Waals surface area contributed by atoms with Crippen LogP contribution in [0.4, 0.5) is 5.69 Å². The monoisotopic (exact) mass is 793 g/mol. The second kappa shape index (κ2) is 16.9. The van der Waals surface area contributed by atoms with Gasteiger partial charge in [0.2, 0.25) is 0 Å². The molecule has 2 fully saturated rings. The second-order valence-corrected chi connectivity index (χ2v) is 21.0. The first-order valence-electron chi connectivity index (χ1n) is 23.7. The van der Waals surface area contributed by atoms with E-state index in [9.17, 15) is 0 Å². The van der Waals surface area contributed by atoms with Gasteiger partial charge in [0.1, 0.15) is 0 Å². The molecule has 4 unspecified atom stereocenters. The average molecular weight is 793 g/mol. The zero-order valence-electron chi connectivity index (χ0n) is 38.7. The van der Waals surface area contributed by atoms with Crippen LogP contribution in [0.1, 0.15) is 112 Å². The van der Waals surface area contributed by atoms with Crippen molar-refractivity contribution in [1.82, 2.24) is 14.7 Å². The molecule has 0 amide bonds. The molecule has 4 heteroatoms. The van der Waals surface area contributed by atoms with Crippen molar-refractivity contribution in [3.8, 4) is 0 Å². The van der Waals surface area contributed by atoms with Crippen molar-refractivity contribution in [1.29, 1.82) is 0 Å². The van der Waals surface area contributed by atoms with Crippen LogP contribution in [-0.4, -0.2) is 54.2 Å². The highest BCUT2D eigenvalue weighted by molar-refractivity contribution is 5.63. The van der Waals surface area contributed by atoms with Gasteiger partial charge in [-0.3, -0.25) is 0 Å². The van der Waals surface area contributed by atoms with Crippen molar-refractivity contribution in [3.05, 3.63) is 109 Å². The van der Waals surface area contributed by atoms with E-state index < -0.39 is 0 Å². The van der Waals surface area contributed by atoms with Crippen molar-refractivity contribution < 1.29 is 0 Å². The number of allylic oxidation sites excluding steroid dienone is 8. The second-order valence-electron chi connectivity index (χ2n) is 21.0. The Bertz CT molecular complexity index is 2300. The number of aryl methyl sites for hydroxylation is 2. The summed E-state index contributed by atoms with van der Waals surface area (Å²) >= 11 is 0. The van der Waals surface area contributed by atoms with E-state index in [-0.39, 0.29) is 5.41 Å². The quantitative estimate of drug-likeness (QED) is 0.225. The molecule has 0 aromatic heterocycles. The minimum Gasteiger partial charge on any atom is -0.355 e. The lowest BCUT2D eigenvalue weighted by atomic mass is 9.77. The summed E-state index contributed by atoms with van der Waals surface area (Å²) in [5.74, 6) is 3.99. The van der Waals surface area contributed by atoms with Gasteiger partial charge in [-0.2, -0.15) is 0 Å². The lowest BCUT2D eigenvalue weighted by molar-refractivity contribution is 0.234. The van der Waals surface area contributed by atoms with Crippen LogP contribution in [0.3, 0.4) is 0 Å². The third-order valence-electron chi connectivity index (χ3n) is 15.0. The Morgan fingerprint density at radius 3 is 1.93 bits per heavy atom. The van der Waals surface area contributed by atoms with Crippen molar-refractivity contribution >= 4 is 29.6 Å². The molecule has 2 aromatic carbocycles. The molecule has 4 nitrogen and oxygen atoms in total. The minimum absolute atomic E-state index is 0.196. The molecule has 4 atom stereocenters.